The number of benzene rings is 1. The van der Waals surface area contributed by atoms with Crippen molar-refractivity contribution in [1.82, 2.24) is 30.3 Å². The third kappa shape index (κ3) is 2.87. The van der Waals surface area contributed by atoms with Gasteiger partial charge >= 0.3 is 0 Å². The molecule has 3 aromatic heterocycles. The molecule has 3 heterocycles. The summed E-state index contributed by atoms with van der Waals surface area (Å²) in [6.45, 7) is 0.190. The van der Waals surface area contributed by atoms with E-state index in [1.807, 2.05) is 24.3 Å². The Morgan fingerprint density at radius 1 is 1.24 bits per heavy atom. The molecular weight excluding hydrogens is 324 g/mol. The molecule has 0 bridgehead atoms. The van der Waals surface area contributed by atoms with E-state index in [0.717, 1.165) is 5.39 Å². The second-order valence-corrected chi connectivity index (χ2v) is 5.34. The molecule has 0 saturated carbocycles. The van der Waals surface area contributed by atoms with Gasteiger partial charge in [-0.15, -0.1) is 15.3 Å². The molecule has 0 spiro atoms. The number of carbonyl (C=O) groups excluding carboxylic acids is 1. The van der Waals surface area contributed by atoms with Crippen LogP contribution in [0.2, 0.25) is 0 Å². The van der Waals surface area contributed by atoms with Crippen molar-refractivity contribution in [1.29, 1.82) is 0 Å². The maximum Gasteiger partial charge on any atom is 0.231 e. The first-order chi connectivity index (χ1) is 12.2. The van der Waals surface area contributed by atoms with Crippen LogP contribution in [0.1, 0.15) is 11.5 Å². The number of nitrogens with one attached hydrogen (secondary N) is 1. The number of para-hydroxylation sites is 1. The number of carbonyl (C=O) groups is 1. The van der Waals surface area contributed by atoms with Crippen LogP contribution in [0.25, 0.3) is 16.6 Å². The minimum absolute atomic E-state index is 0.116. The fourth-order valence-electron chi connectivity index (χ4n) is 2.49. The molecule has 0 atom stereocenters. The molecule has 25 heavy (non-hydrogen) atoms. The molecular formula is C16H14N6O3. The zero-order valence-corrected chi connectivity index (χ0v) is 13.3. The molecule has 0 unspecified atom stereocenters. The van der Waals surface area contributed by atoms with Crippen LogP contribution in [-0.2, 0) is 17.8 Å². The molecule has 126 valence electrons. The summed E-state index contributed by atoms with van der Waals surface area (Å²) in [5.41, 5.74) is 1.83. The molecule has 4 rings (SSSR count). The molecule has 0 fully saturated rings. The molecule has 4 aromatic rings. The normalized spacial score (nSPS) is 11.1. The third-order valence-corrected chi connectivity index (χ3v) is 3.74. The molecule has 0 radical (unpaired) electrons. The maximum absolute atomic E-state index is 12.2. The van der Waals surface area contributed by atoms with Gasteiger partial charge in [0.25, 0.3) is 0 Å². The topological polar surface area (TPSA) is 107 Å². The van der Waals surface area contributed by atoms with Crippen LogP contribution in [0.15, 0.2) is 40.9 Å². The van der Waals surface area contributed by atoms with E-state index >= 15 is 0 Å². The lowest BCUT2D eigenvalue weighted by molar-refractivity contribution is -0.120. The summed E-state index contributed by atoms with van der Waals surface area (Å²) in [4.78, 5) is 12.2. The fourth-order valence-corrected chi connectivity index (χ4v) is 2.49. The Kier molecular flexibility index (Phi) is 3.73. The van der Waals surface area contributed by atoms with Crippen LogP contribution in [0.3, 0.4) is 0 Å². The van der Waals surface area contributed by atoms with E-state index in [0.29, 0.717) is 28.6 Å². The van der Waals surface area contributed by atoms with Crippen LogP contribution in [-0.4, -0.2) is 38.0 Å². The van der Waals surface area contributed by atoms with E-state index in [2.05, 4.69) is 25.8 Å². The van der Waals surface area contributed by atoms with Gasteiger partial charge in [0.05, 0.1) is 20.1 Å². The predicted octanol–water partition coefficient (Wildman–Crippen LogP) is 1.13. The van der Waals surface area contributed by atoms with E-state index in [9.17, 15) is 4.79 Å². The number of rotatable bonds is 5. The van der Waals surface area contributed by atoms with E-state index in [-0.39, 0.29) is 18.9 Å². The highest BCUT2D eigenvalue weighted by molar-refractivity contribution is 5.86. The molecule has 0 aliphatic rings. The number of ether oxygens (including phenoxy) is 1. The molecule has 0 aliphatic carbocycles. The Morgan fingerprint density at radius 2 is 2.12 bits per heavy atom. The Balaban J connectivity index is 1.47. The van der Waals surface area contributed by atoms with Gasteiger partial charge in [-0.25, -0.2) is 0 Å². The second kappa shape index (κ2) is 6.19. The van der Waals surface area contributed by atoms with Crippen LogP contribution in [0.4, 0.5) is 0 Å². The van der Waals surface area contributed by atoms with Crippen LogP contribution >= 0.6 is 0 Å². The fraction of sp³-hybridized carbons (Fsp3) is 0.188. The summed E-state index contributed by atoms with van der Waals surface area (Å²) >= 11 is 0. The van der Waals surface area contributed by atoms with E-state index in [4.69, 9.17) is 9.26 Å². The summed E-state index contributed by atoms with van der Waals surface area (Å²) in [7, 11) is 1.53. The van der Waals surface area contributed by atoms with Crippen LogP contribution < -0.4 is 10.1 Å². The van der Waals surface area contributed by atoms with Crippen LogP contribution in [0, 0.1) is 0 Å². The van der Waals surface area contributed by atoms with Crippen molar-refractivity contribution in [2.45, 2.75) is 13.0 Å². The lowest BCUT2D eigenvalue weighted by atomic mass is 10.1. The highest BCUT2D eigenvalue weighted by atomic mass is 16.5. The first-order valence-corrected chi connectivity index (χ1v) is 7.60. The highest BCUT2D eigenvalue weighted by Crippen LogP contribution is 2.18. The van der Waals surface area contributed by atoms with Crippen molar-refractivity contribution in [2.75, 3.05) is 7.11 Å². The zero-order chi connectivity index (χ0) is 17.2. The van der Waals surface area contributed by atoms with Gasteiger partial charge < -0.3 is 14.6 Å². The molecule has 1 N–H and O–H groups in total. The number of hydrogen-bond donors (Lipinski definition) is 1. The summed E-state index contributed by atoms with van der Waals surface area (Å²) < 4.78 is 11.8. The quantitative estimate of drug-likeness (QED) is 0.581. The van der Waals surface area contributed by atoms with E-state index in [1.54, 1.807) is 12.1 Å². The largest absolute Gasteiger partial charge is 0.480 e. The lowest BCUT2D eigenvalue weighted by Crippen LogP contribution is -2.26. The zero-order valence-electron chi connectivity index (χ0n) is 13.3. The number of amides is 1. The van der Waals surface area contributed by atoms with Crippen molar-refractivity contribution >= 4 is 22.5 Å². The van der Waals surface area contributed by atoms with E-state index < -0.39 is 0 Å². The van der Waals surface area contributed by atoms with Crippen molar-refractivity contribution in [2.24, 2.45) is 0 Å². The minimum Gasteiger partial charge on any atom is -0.480 e. The van der Waals surface area contributed by atoms with Gasteiger partial charge in [0, 0.05) is 11.5 Å². The number of aromatic nitrogens is 5. The lowest BCUT2D eigenvalue weighted by Gasteiger charge is -2.03. The smallest absolute Gasteiger partial charge is 0.231 e. The van der Waals surface area contributed by atoms with Gasteiger partial charge in [-0.2, -0.15) is 4.52 Å². The number of nitrogens with zero attached hydrogens (tertiary/aromatic N) is 5. The van der Waals surface area contributed by atoms with Crippen LogP contribution in [0.5, 0.6) is 5.88 Å². The predicted molar refractivity (Wildman–Crippen MR) is 86.9 cm³/mol. The first-order valence-electron chi connectivity index (χ1n) is 7.60. The van der Waals surface area contributed by atoms with Gasteiger partial charge in [-0.05, 0) is 18.2 Å². The van der Waals surface area contributed by atoms with Crippen molar-refractivity contribution in [3.63, 3.8) is 0 Å². The summed E-state index contributed by atoms with van der Waals surface area (Å²) in [6, 6.07) is 10.9. The Morgan fingerprint density at radius 3 is 3.00 bits per heavy atom. The first kappa shape index (κ1) is 15.1. The van der Waals surface area contributed by atoms with Crippen molar-refractivity contribution in [3.8, 4) is 5.88 Å². The molecule has 0 aliphatic heterocycles. The molecule has 9 nitrogen and oxygen atoms in total. The van der Waals surface area contributed by atoms with Gasteiger partial charge in [-0.1, -0.05) is 17.3 Å². The monoisotopic (exact) mass is 338 g/mol. The average molecular weight is 338 g/mol. The number of methoxy groups -OCH3 is 1. The van der Waals surface area contributed by atoms with Gasteiger partial charge in [0.15, 0.2) is 17.1 Å². The van der Waals surface area contributed by atoms with Gasteiger partial charge in [-0.3, -0.25) is 4.79 Å². The second-order valence-electron chi connectivity index (χ2n) is 5.34. The molecule has 1 amide bonds. The summed E-state index contributed by atoms with van der Waals surface area (Å²) in [5, 5.41) is 19.9. The average Bonchev–Trinajstić information content (AvgIpc) is 3.24. The Bertz CT molecular complexity index is 1050. The van der Waals surface area contributed by atoms with E-state index in [1.165, 1.54) is 11.6 Å². The number of hydrogen-bond acceptors (Lipinski definition) is 7. The summed E-state index contributed by atoms with van der Waals surface area (Å²) in [6.07, 6.45) is 0.116. The maximum atomic E-state index is 12.2. The Hall–Kier alpha value is -3.49. The molecule has 0 saturated heterocycles. The summed E-state index contributed by atoms with van der Waals surface area (Å²) in [5.74, 6) is 0.750. The van der Waals surface area contributed by atoms with Gasteiger partial charge in [0.2, 0.25) is 11.8 Å². The third-order valence-electron chi connectivity index (χ3n) is 3.74. The minimum atomic E-state index is -0.196. The SMILES string of the molecule is COc1ccc2nnc(CNC(=O)Cc3noc4ccccc34)n2n1. The van der Waals surface area contributed by atoms with Crippen molar-refractivity contribution in [3.05, 3.63) is 47.9 Å². The highest BCUT2D eigenvalue weighted by Gasteiger charge is 2.13. The molecule has 9 heteroatoms. The molecule has 1 aromatic carbocycles. The van der Waals surface area contributed by atoms with Gasteiger partial charge in [0.1, 0.15) is 5.69 Å². The van der Waals surface area contributed by atoms with Crippen molar-refractivity contribution < 1.29 is 14.1 Å². The number of fused-ring (bicyclic) bond motifs is 2. The Labute approximate surface area is 141 Å². The standard InChI is InChI=1S/C16H14N6O3/c1-24-16-7-6-13-18-19-14(22(13)20-16)9-17-15(23)8-11-10-4-2-3-5-12(10)25-21-11/h2-7H,8-9H2,1H3,(H,17,23).